The lowest BCUT2D eigenvalue weighted by Crippen LogP contribution is -2.56. The fourth-order valence-corrected chi connectivity index (χ4v) is 4.21. The molecule has 1 aromatic carbocycles. The van der Waals surface area contributed by atoms with E-state index >= 15 is 0 Å². The Morgan fingerprint density at radius 3 is 1.78 bits per heavy atom. The summed E-state index contributed by atoms with van der Waals surface area (Å²) >= 11 is 5.90. The summed E-state index contributed by atoms with van der Waals surface area (Å²) in [7, 11) is 1.16. The highest BCUT2D eigenvalue weighted by Crippen LogP contribution is 2.21. The molecule has 0 saturated heterocycles. The van der Waals surface area contributed by atoms with Crippen LogP contribution in [0.5, 0.6) is 5.75 Å². The molecule has 49 heavy (non-hydrogen) atoms. The number of allylic oxidation sites excluding steroid dienone is 12. The Labute approximate surface area is 297 Å². The number of benzene rings is 1. The molecule has 0 aliphatic carbocycles. The van der Waals surface area contributed by atoms with Crippen LogP contribution in [0.2, 0.25) is 5.02 Å². The second-order valence-corrected chi connectivity index (χ2v) is 11.9. The minimum atomic E-state index is -1.39. The van der Waals surface area contributed by atoms with Crippen molar-refractivity contribution in [2.45, 2.75) is 96.8 Å². The topological polar surface area (TPSA) is 120 Å². The Balaban J connectivity index is 2.32. The number of esters is 2. The van der Waals surface area contributed by atoms with Crippen molar-refractivity contribution in [3.8, 4) is 5.75 Å². The molecule has 2 N–H and O–H groups in total. The highest BCUT2D eigenvalue weighted by atomic mass is 35.5. The van der Waals surface area contributed by atoms with Gasteiger partial charge in [-0.15, -0.1) is 0 Å². The van der Waals surface area contributed by atoms with Crippen LogP contribution in [-0.4, -0.2) is 55.2 Å². The van der Waals surface area contributed by atoms with E-state index in [2.05, 4.69) is 78.3 Å². The summed E-state index contributed by atoms with van der Waals surface area (Å²) in [5, 5.41) is 5.56. The molecular weight excluding hydrogens is 644 g/mol. The maximum absolute atomic E-state index is 13.0. The first kappa shape index (κ1) is 42.7. The third kappa shape index (κ3) is 20.6. The average molecular weight is 697 g/mol. The summed E-state index contributed by atoms with van der Waals surface area (Å²) in [4.78, 5) is 50.0. The van der Waals surface area contributed by atoms with E-state index in [4.69, 9.17) is 25.8 Å². The predicted molar refractivity (Wildman–Crippen MR) is 196 cm³/mol. The van der Waals surface area contributed by atoms with Crippen molar-refractivity contribution < 1.29 is 33.4 Å². The number of hydrogen-bond donors (Lipinski definition) is 2. The third-order valence-corrected chi connectivity index (χ3v) is 7.08. The average Bonchev–Trinajstić information content (AvgIpc) is 3.07. The quantitative estimate of drug-likeness (QED) is 0.0890. The molecule has 1 aromatic rings. The molecule has 268 valence electrons. The summed E-state index contributed by atoms with van der Waals surface area (Å²) in [5.41, 5.74) is -1.39. The SMILES string of the molecule is CC/C=C\C/C=C\C/C=C\C/C=C\C/C=C\C/C=C\CCC(=O)NCC(=O)OC(C)C(NC(=O)C(C)(C)Oc1ccc(Cl)cc1)C(=O)OC. The van der Waals surface area contributed by atoms with Crippen molar-refractivity contribution >= 4 is 35.4 Å². The maximum Gasteiger partial charge on any atom is 0.332 e. The first-order valence-corrected chi connectivity index (χ1v) is 17.1. The number of rotatable bonds is 23. The molecule has 0 spiro atoms. The predicted octanol–water partition coefficient (Wildman–Crippen LogP) is 7.68. The number of amides is 2. The molecule has 0 fully saturated rings. The van der Waals surface area contributed by atoms with Crippen LogP contribution in [0.3, 0.4) is 0 Å². The molecule has 0 saturated carbocycles. The van der Waals surface area contributed by atoms with Gasteiger partial charge in [0, 0.05) is 11.4 Å². The molecule has 0 aliphatic rings. The van der Waals surface area contributed by atoms with Crippen LogP contribution in [0.25, 0.3) is 0 Å². The summed E-state index contributed by atoms with van der Waals surface area (Å²) in [6.07, 6.45) is 30.6. The minimum Gasteiger partial charge on any atom is -0.478 e. The van der Waals surface area contributed by atoms with Crippen molar-refractivity contribution in [2.75, 3.05) is 13.7 Å². The molecule has 2 amide bonds. The zero-order chi connectivity index (χ0) is 36.3. The van der Waals surface area contributed by atoms with Gasteiger partial charge in [-0.1, -0.05) is 91.4 Å². The number of carbonyl (C=O) groups excluding carboxylic acids is 4. The number of halogens is 1. The molecule has 9 nitrogen and oxygen atoms in total. The molecule has 0 heterocycles. The molecule has 0 bridgehead atoms. The van der Waals surface area contributed by atoms with Crippen LogP contribution in [0, 0.1) is 0 Å². The van der Waals surface area contributed by atoms with E-state index in [1.807, 2.05) is 12.2 Å². The van der Waals surface area contributed by atoms with Crippen LogP contribution in [0.4, 0.5) is 0 Å². The Kier molecular flexibility index (Phi) is 22.3. The standard InChI is InChI=1S/C39H53ClN2O7/c1-6-7-8-9-10-11-12-13-14-15-16-17-18-19-20-21-22-23-24-25-34(43)41-30-35(44)48-31(2)36(37(45)47-5)42-38(46)39(3,4)49-33-28-26-32(40)27-29-33/h7-8,10-11,13-14,16-17,19-20,22-23,26-29,31,36H,6,9,12,15,18,21,24-25,30H2,1-5H3,(H,41,43)(H,42,46)/b8-7-,11-10-,14-13-,17-16-,20-19-,23-22-. The van der Waals surface area contributed by atoms with Gasteiger partial charge in [-0.25, -0.2) is 4.79 Å². The first-order valence-electron chi connectivity index (χ1n) is 16.7. The molecular formula is C39H53ClN2O7. The van der Waals surface area contributed by atoms with Gasteiger partial charge in [0.1, 0.15) is 18.4 Å². The molecule has 2 atom stereocenters. The number of hydrogen-bond acceptors (Lipinski definition) is 7. The van der Waals surface area contributed by atoms with Gasteiger partial charge in [0.2, 0.25) is 5.91 Å². The van der Waals surface area contributed by atoms with Crippen LogP contribution in [0.15, 0.2) is 97.2 Å². The lowest BCUT2D eigenvalue weighted by Gasteiger charge is -2.29. The fraction of sp³-hybridized carbons (Fsp3) is 0.436. The van der Waals surface area contributed by atoms with E-state index in [1.165, 1.54) is 20.8 Å². The van der Waals surface area contributed by atoms with E-state index in [-0.39, 0.29) is 18.9 Å². The van der Waals surface area contributed by atoms with E-state index in [1.54, 1.807) is 24.3 Å². The summed E-state index contributed by atoms with van der Waals surface area (Å²) in [5.74, 6) is -2.13. The van der Waals surface area contributed by atoms with Gasteiger partial charge in [0.15, 0.2) is 11.6 Å². The van der Waals surface area contributed by atoms with Gasteiger partial charge >= 0.3 is 11.9 Å². The Morgan fingerprint density at radius 1 is 0.796 bits per heavy atom. The van der Waals surface area contributed by atoms with Crippen molar-refractivity contribution in [2.24, 2.45) is 0 Å². The summed E-state index contributed by atoms with van der Waals surface area (Å²) in [6.45, 7) is 6.24. The van der Waals surface area contributed by atoms with Gasteiger partial charge in [-0.3, -0.25) is 14.4 Å². The van der Waals surface area contributed by atoms with Gasteiger partial charge in [-0.2, -0.15) is 0 Å². The number of nitrogens with one attached hydrogen (secondary N) is 2. The summed E-state index contributed by atoms with van der Waals surface area (Å²) < 4.78 is 15.9. The van der Waals surface area contributed by atoms with Crippen molar-refractivity contribution in [3.05, 3.63) is 102 Å². The maximum atomic E-state index is 13.0. The molecule has 1 rings (SSSR count). The van der Waals surface area contributed by atoms with Crippen molar-refractivity contribution in [1.29, 1.82) is 0 Å². The van der Waals surface area contributed by atoms with Gasteiger partial charge in [0.05, 0.1) is 7.11 Å². The first-order chi connectivity index (χ1) is 23.5. The van der Waals surface area contributed by atoms with E-state index < -0.39 is 35.6 Å². The van der Waals surface area contributed by atoms with Gasteiger partial charge < -0.3 is 24.8 Å². The van der Waals surface area contributed by atoms with Crippen molar-refractivity contribution in [3.63, 3.8) is 0 Å². The highest BCUT2D eigenvalue weighted by Gasteiger charge is 2.37. The molecule has 0 radical (unpaired) electrons. The number of ether oxygens (including phenoxy) is 3. The Hall–Kier alpha value is -4.37. The summed E-state index contributed by atoms with van der Waals surface area (Å²) in [6, 6.07) is 5.15. The second kappa shape index (κ2) is 25.6. The van der Waals surface area contributed by atoms with Crippen LogP contribution < -0.4 is 15.4 Å². The largest absolute Gasteiger partial charge is 0.478 e. The molecule has 0 aromatic heterocycles. The Morgan fingerprint density at radius 2 is 1.29 bits per heavy atom. The lowest BCUT2D eigenvalue weighted by molar-refractivity contribution is -0.159. The van der Waals surface area contributed by atoms with Crippen LogP contribution in [-0.2, 0) is 28.7 Å². The van der Waals surface area contributed by atoms with E-state index in [0.717, 1.165) is 45.6 Å². The lowest BCUT2D eigenvalue weighted by atomic mass is 10.1. The molecule has 2 unspecified atom stereocenters. The zero-order valence-electron chi connectivity index (χ0n) is 29.5. The number of carbonyl (C=O) groups is 4. The van der Waals surface area contributed by atoms with Crippen molar-refractivity contribution in [1.82, 2.24) is 10.6 Å². The smallest absolute Gasteiger partial charge is 0.332 e. The Bertz CT molecular complexity index is 1330. The highest BCUT2D eigenvalue weighted by molar-refractivity contribution is 6.30. The minimum absolute atomic E-state index is 0.203. The van der Waals surface area contributed by atoms with Crippen LogP contribution in [0.1, 0.15) is 79.1 Å². The second-order valence-electron chi connectivity index (χ2n) is 11.5. The van der Waals surface area contributed by atoms with Gasteiger partial charge in [-0.05, 0) is 90.0 Å². The number of methoxy groups -OCH3 is 1. The normalized spacial score (nSPS) is 13.5. The fourth-order valence-electron chi connectivity index (χ4n) is 4.08. The van der Waals surface area contributed by atoms with Crippen LogP contribution >= 0.6 is 11.6 Å². The monoisotopic (exact) mass is 696 g/mol. The third-order valence-electron chi connectivity index (χ3n) is 6.83. The zero-order valence-corrected chi connectivity index (χ0v) is 30.2. The molecule has 0 aliphatic heterocycles. The molecule has 10 heteroatoms. The van der Waals surface area contributed by atoms with E-state index in [9.17, 15) is 19.2 Å². The van der Waals surface area contributed by atoms with E-state index in [0.29, 0.717) is 17.2 Å². The van der Waals surface area contributed by atoms with Gasteiger partial charge in [0.25, 0.3) is 5.91 Å².